The Balaban J connectivity index is 1.65. The fourth-order valence-electron chi connectivity index (χ4n) is 3.53. The van der Waals surface area contributed by atoms with Gasteiger partial charge in [0.05, 0.1) is 25.0 Å². The van der Waals surface area contributed by atoms with Crippen molar-refractivity contribution in [2.24, 2.45) is 12.8 Å². The quantitative estimate of drug-likeness (QED) is 0.569. The summed E-state index contributed by atoms with van der Waals surface area (Å²) in [5.41, 5.74) is 7.87. The molecule has 10 heteroatoms. The van der Waals surface area contributed by atoms with E-state index in [0.29, 0.717) is 36.1 Å². The van der Waals surface area contributed by atoms with Crippen LogP contribution in [0.3, 0.4) is 0 Å². The molecular formula is C18H24N8O2. The van der Waals surface area contributed by atoms with Crippen LogP contribution in [-0.4, -0.2) is 55.2 Å². The Morgan fingerprint density at radius 1 is 1.39 bits per heavy atom. The lowest BCUT2D eigenvalue weighted by molar-refractivity contribution is 0.269. The van der Waals surface area contributed by atoms with E-state index in [4.69, 9.17) is 10.8 Å². The van der Waals surface area contributed by atoms with E-state index in [1.807, 2.05) is 6.07 Å². The summed E-state index contributed by atoms with van der Waals surface area (Å²) in [7, 11) is 1.72. The van der Waals surface area contributed by atoms with Crippen molar-refractivity contribution in [1.29, 1.82) is 0 Å². The van der Waals surface area contributed by atoms with Crippen molar-refractivity contribution in [2.45, 2.75) is 25.4 Å². The van der Waals surface area contributed by atoms with Gasteiger partial charge in [-0.1, -0.05) is 0 Å². The number of aromatic nitrogens is 5. The van der Waals surface area contributed by atoms with E-state index in [1.165, 1.54) is 0 Å². The monoisotopic (exact) mass is 384 g/mol. The first kappa shape index (κ1) is 18.4. The molecule has 0 bridgehead atoms. The van der Waals surface area contributed by atoms with Crippen LogP contribution >= 0.6 is 0 Å². The van der Waals surface area contributed by atoms with Gasteiger partial charge < -0.3 is 21.1 Å². The molecule has 3 aromatic heterocycles. The zero-order valence-electron chi connectivity index (χ0n) is 15.7. The molecule has 10 nitrogen and oxygen atoms in total. The first-order valence-corrected chi connectivity index (χ1v) is 9.33. The normalized spacial score (nSPS) is 17.2. The van der Waals surface area contributed by atoms with Crippen LogP contribution in [0.25, 0.3) is 11.0 Å². The van der Waals surface area contributed by atoms with Crippen molar-refractivity contribution in [3.8, 4) is 0 Å². The lowest BCUT2D eigenvalue weighted by atomic mass is 10.1. The highest BCUT2D eigenvalue weighted by atomic mass is 16.3. The molecule has 0 radical (unpaired) electrons. The van der Waals surface area contributed by atoms with Crippen molar-refractivity contribution in [2.75, 3.05) is 29.9 Å². The molecule has 1 aliphatic heterocycles. The van der Waals surface area contributed by atoms with E-state index in [2.05, 4.69) is 25.3 Å². The van der Waals surface area contributed by atoms with Crippen molar-refractivity contribution in [1.82, 2.24) is 24.3 Å². The average Bonchev–Trinajstić information content (AvgIpc) is 3.12. The molecule has 1 fully saturated rings. The average molecular weight is 384 g/mol. The molecule has 1 unspecified atom stereocenters. The summed E-state index contributed by atoms with van der Waals surface area (Å²) in [6.07, 6.45) is 7.05. The summed E-state index contributed by atoms with van der Waals surface area (Å²) in [4.78, 5) is 23.8. The summed E-state index contributed by atoms with van der Waals surface area (Å²) < 4.78 is 3.17. The van der Waals surface area contributed by atoms with E-state index in [1.54, 1.807) is 34.9 Å². The topological polar surface area (TPSA) is 127 Å². The van der Waals surface area contributed by atoms with Gasteiger partial charge in [-0.05, 0) is 18.9 Å². The van der Waals surface area contributed by atoms with Crippen LogP contribution in [0, 0.1) is 0 Å². The molecule has 0 aliphatic carbocycles. The zero-order chi connectivity index (χ0) is 19.7. The van der Waals surface area contributed by atoms with E-state index >= 15 is 0 Å². The van der Waals surface area contributed by atoms with Gasteiger partial charge >= 0.3 is 0 Å². The van der Waals surface area contributed by atoms with Gasteiger partial charge in [-0.25, -0.2) is 4.98 Å². The van der Waals surface area contributed by atoms with Crippen LogP contribution in [0.1, 0.15) is 12.8 Å². The molecule has 28 heavy (non-hydrogen) atoms. The molecule has 0 saturated carbocycles. The molecule has 148 valence electrons. The second-order valence-electron chi connectivity index (χ2n) is 7.06. The Morgan fingerprint density at radius 2 is 2.25 bits per heavy atom. The Kier molecular flexibility index (Phi) is 4.97. The predicted octanol–water partition coefficient (Wildman–Crippen LogP) is 0.188. The van der Waals surface area contributed by atoms with Gasteiger partial charge in [-0.15, -0.1) is 0 Å². The van der Waals surface area contributed by atoms with Gasteiger partial charge in [0.2, 0.25) is 5.95 Å². The lowest BCUT2D eigenvalue weighted by Gasteiger charge is -2.32. The number of aryl methyl sites for hydroxylation is 1. The molecule has 0 spiro atoms. The molecule has 3 aromatic rings. The number of hydrogen-bond donors (Lipinski definition) is 3. The van der Waals surface area contributed by atoms with Gasteiger partial charge in [-0.3, -0.25) is 14.0 Å². The Morgan fingerprint density at radius 3 is 3.04 bits per heavy atom. The number of fused-ring (bicyclic) bond motifs is 1. The number of aliphatic hydroxyl groups is 1. The molecular weight excluding hydrogens is 360 g/mol. The van der Waals surface area contributed by atoms with Gasteiger partial charge in [0.1, 0.15) is 11.3 Å². The van der Waals surface area contributed by atoms with Crippen LogP contribution in [0.15, 0.2) is 29.5 Å². The molecule has 4 rings (SSSR count). The molecule has 1 saturated heterocycles. The molecule has 0 amide bonds. The van der Waals surface area contributed by atoms with Crippen LogP contribution in [0.5, 0.6) is 0 Å². The lowest BCUT2D eigenvalue weighted by Crippen LogP contribution is -2.45. The highest BCUT2D eigenvalue weighted by molar-refractivity contribution is 5.79. The highest BCUT2D eigenvalue weighted by Crippen LogP contribution is 2.21. The van der Waals surface area contributed by atoms with Crippen LogP contribution in [-0.2, 0) is 13.6 Å². The minimum atomic E-state index is -0.0954. The first-order chi connectivity index (χ1) is 13.5. The van der Waals surface area contributed by atoms with Gasteiger partial charge in [0.15, 0.2) is 0 Å². The number of piperidine rings is 1. The third-order valence-corrected chi connectivity index (χ3v) is 4.95. The molecule has 0 aromatic carbocycles. The van der Waals surface area contributed by atoms with Gasteiger partial charge in [-0.2, -0.15) is 10.1 Å². The van der Waals surface area contributed by atoms with Crippen molar-refractivity contribution < 1.29 is 5.11 Å². The summed E-state index contributed by atoms with van der Waals surface area (Å²) in [6, 6.07) is 1.93. The van der Waals surface area contributed by atoms with E-state index in [9.17, 15) is 4.79 Å². The number of nitrogens with two attached hydrogens (primary N) is 1. The van der Waals surface area contributed by atoms with Crippen LogP contribution in [0.2, 0.25) is 0 Å². The second-order valence-corrected chi connectivity index (χ2v) is 7.06. The standard InChI is InChI=1S/C18H24N8O2/c1-24-16-12(7-15(17(24)28)25-4-2-3-13(19)10-25)8-20-18(23-16)22-14-9-21-26(11-14)5-6-27/h7-9,11,13,27H,2-6,10,19H2,1H3,(H,20,22,23). The molecule has 4 N–H and O–H groups in total. The third kappa shape index (κ3) is 3.56. The van der Waals surface area contributed by atoms with E-state index in [-0.39, 0.29) is 18.2 Å². The van der Waals surface area contributed by atoms with E-state index in [0.717, 1.165) is 24.8 Å². The smallest absolute Gasteiger partial charge is 0.275 e. The fourth-order valence-corrected chi connectivity index (χ4v) is 3.53. The summed E-state index contributed by atoms with van der Waals surface area (Å²) in [5, 5.41) is 17.0. The van der Waals surface area contributed by atoms with Crippen molar-refractivity contribution in [3.63, 3.8) is 0 Å². The molecule has 4 heterocycles. The summed E-state index contributed by atoms with van der Waals surface area (Å²) in [5.74, 6) is 0.374. The maximum absolute atomic E-state index is 12.9. The van der Waals surface area contributed by atoms with Gasteiger partial charge in [0.25, 0.3) is 5.56 Å². The highest BCUT2D eigenvalue weighted by Gasteiger charge is 2.21. The first-order valence-electron chi connectivity index (χ1n) is 9.33. The van der Waals surface area contributed by atoms with Crippen molar-refractivity contribution >= 4 is 28.4 Å². The fraction of sp³-hybridized carbons (Fsp3) is 0.444. The van der Waals surface area contributed by atoms with Gasteiger partial charge in [0, 0.05) is 44.0 Å². The zero-order valence-corrected chi connectivity index (χ0v) is 15.7. The second kappa shape index (κ2) is 7.56. The largest absolute Gasteiger partial charge is 0.394 e. The maximum Gasteiger partial charge on any atom is 0.275 e. The minimum Gasteiger partial charge on any atom is -0.394 e. The van der Waals surface area contributed by atoms with Crippen molar-refractivity contribution in [3.05, 3.63) is 35.0 Å². The van der Waals surface area contributed by atoms with E-state index < -0.39 is 0 Å². The number of rotatable bonds is 5. The molecule has 1 aliphatic rings. The number of hydrogen-bond acceptors (Lipinski definition) is 8. The number of anilines is 3. The Labute approximate surface area is 161 Å². The van der Waals surface area contributed by atoms with Crippen LogP contribution in [0.4, 0.5) is 17.3 Å². The molecule has 1 atom stereocenters. The Bertz CT molecular complexity index is 1040. The predicted molar refractivity (Wildman–Crippen MR) is 107 cm³/mol. The number of nitrogens with one attached hydrogen (secondary N) is 1. The summed E-state index contributed by atoms with van der Waals surface area (Å²) in [6.45, 7) is 1.93. The minimum absolute atomic E-state index is 0.0138. The van der Waals surface area contributed by atoms with Crippen LogP contribution < -0.4 is 21.5 Å². The number of aliphatic hydroxyl groups excluding tert-OH is 1. The summed E-state index contributed by atoms with van der Waals surface area (Å²) >= 11 is 0. The third-order valence-electron chi connectivity index (χ3n) is 4.95. The SMILES string of the molecule is Cn1c(=O)c(N2CCCC(N)C2)cc2cnc(Nc3cnn(CCO)c3)nc21. The number of nitrogens with zero attached hydrogens (tertiary/aromatic N) is 6. The number of pyridine rings is 1. The maximum atomic E-state index is 12.9. The Hall–Kier alpha value is -2.98.